The number of benzene rings is 2. The van der Waals surface area contributed by atoms with E-state index in [1.165, 1.54) is 17.0 Å². The molecule has 0 unspecified atom stereocenters. The average molecular weight is 502 g/mol. The maximum Gasteiger partial charge on any atom is 0.416 e. The highest BCUT2D eigenvalue weighted by molar-refractivity contribution is 6.35. The van der Waals surface area contributed by atoms with Crippen molar-refractivity contribution in [2.24, 2.45) is 5.73 Å². The summed E-state index contributed by atoms with van der Waals surface area (Å²) in [6.45, 7) is 0.587. The van der Waals surface area contributed by atoms with Gasteiger partial charge in [-0.2, -0.15) is 13.2 Å². The van der Waals surface area contributed by atoms with Crippen LogP contribution in [0.3, 0.4) is 0 Å². The summed E-state index contributed by atoms with van der Waals surface area (Å²) in [6, 6.07) is 8.38. The van der Waals surface area contributed by atoms with Gasteiger partial charge >= 0.3 is 6.18 Å². The molecular formula is C23H24Cl2F3N3O2. The Labute approximate surface area is 200 Å². The van der Waals surface area contributed by atoms with E-state index in [1.54, 1.807) is 25.2 Å². The number of primary amides is 1. The van der Waals surface area contributed by atoms with Crippen molar-refractivity contribution in [2.45, 2.75) is 36.9 Å². The minimum atomic E-state index is -4.47. The molecule has 0 saturated heterocycles. The van der Waals surface area contributed by atoms with Crippen molar-refractivity contribution in [2.75, 3.05) is 20.1 Å². The summed E-state index contributed by atoms with van der Waals surface area (Å²) in [5.41, 5.74) is 5.08. The highest BCUT2D eigenvalue weighted by atomic mass is 35.5. The fourth-order valence-corrected chi connectivity index (χ4v) is 4.51. The van der Waals surface area contributed by atoms with E-state index >= 15 is 0 Å². The Morgan fingerprint density at radius 2 is 1.79 bits per heavy atom. The zero-order chi connectivity index (χ0) is 24.4. The fraction of sp³-hybridized carbons (Fsp3) is 0.391. The standard InChI is InChI=1S/C23H24Cl2F3N3O2/c1-30-10-11-31(21(33)22(8-9-22)17-7-6-16(24)13-18(17)25)19(20(29)32)12-14-2-4-15(5-3-14)23(26,27)28/h2-7,13,19,30H,8-12H2,1H3,(H2,29,32)/t19-/m0/s1. The molecule has 1 saturated carbocycles. The van der Waals surface area contributed by atoms with Crippen LogP contribution in [-0.4, -0.2) is 42.9 Å². The minimum absolute atomic E-state index is 0.00659. The first-order valence-electron chi connectivity index (χ1n) is 10.4. The molecule has 3 rings (SSSR count). The summed E-state index contributed by atoms with van der Waals surface area (Å²) >= 11 is 12.4. The summed E-state index contributed by atoms with van der Waals surface area (Å²) in [4.78, 5) is 27.6. The molecule has 1 atom stereocenters. The molecule has 0 spiro atoms. The van der Waals surface area contributed by atoms with Crippen molar-refractivity contribution in [1.82, 2.24) is 10.2 Å². The normalized spacial score (nSPS) is 15.7. The zero-order valence-corrected chi connectivity index (χ0v) is 19.4. The fourth-order valence-electron chi connectivity index (χ4n) is 3.92. The molecule has 0 heterocycles. The van der Waals surface area contributed by atoms with Gasteiger partial charge in [0.1, 0.15) is 6.04 Å². The van der Waals surface area contributed by atoms with Gasteiger partial charge in [0.2, 0.25) is 11.8 Å². The van der Waals surface area contributed by atoms with Crippen molar-refractivity contribution in [3.8, 4) is 0 Å². The van der Waals surface area contributed by atoms with E-state index in [-0.39, 0.29) is 18.9 Å². The maximum absolute atomic E-state index is 13.7. The Morgan fingerprint density at radius 3 is 2.27 bits per heavy atom. The van der Waals surface area contributed by atoms with Gasteiger partial charge in [-0.3, -0.25) is 9.59 Å². The predicted octanol–water partition coefficient (Wildman–Crippen LogP) is 4.19. The third kappa shape index (κ3) is 5.62. The molecule has 2 aromatic rings. The number of nitrogens with zero attached hydrogens (tertiary/aromatic N) is 1. The lowest BCUT2D eigenvalue weighted by Crippen LogP contribution is -2.54. The quantitative estimate of drug-likeness (QED) is 0.540. The molecule has 5 nitrogen and oxygen atoms in total. The maximum atomic E-state index is 13.7. The Morgan fingerprint density at radius 1 is 1.15 bits per heavy atom. The van der Waals surface area contributed by atoms with E-state index in [1.807, 2.05) is 0 Å². The first kappa shape index (κ1) is 25.3. The van der Waals surface area contributed by atoms with E-state index in [2.05, 4.69) is 5.32 Å². The van der Waals surface area contributed by atoms with E-state index in [9.17, 15) is 22.8 Å². The van der Waals surface area contributed by atoms with E-state index in [0.717, 1.165) is 12.1 Å². The number of nitrogens with two attached hydrogens (primary N) is 1. The lowest BCUT2D eigenvalue weighted by molar-refractivity contribution is -0.141. The number of hydrogen-bond donors (Lipinski definition) is 2. The van der Waals surface area contributed by atoms with Crippen LogP contribution < -0.4 is 11.1 Å². The van der Waals surface area contributed by atoms with Crippen molar-refractivity contribution < 1.29 is 22.8 Å². The van der Waals surface area contributed by atoms with Crippen LogP contribution in [0.4, 0.5) is 13.2 Å². The molecule has 2 amide bonds. The number of amides is 2. The number of carbonyl (C=O) groups excluding carboxylic acids is 2. The van der Waals surface area contributed by atoms with Crippen LogP contribution in [-0.2, 0) is 27.6 Å². The van der Waals surface area contributed by atoms with Gasteiger partial charge in [0, 0.05) is 29.6 Å². The third-order valence-electron chi connectivity index (χ3n) is 5.88. The van der Waals surface area contributed by atoms with Crippen molar-refractivity contribution in [3.05, 3.63) is 69.2 Å². The largest absolute Gasteiger partial charge is 0.416 e. The van der Waals surface area contributed by atoms with Crippen LogP contribution in [0.25, 0.3) is 0 Å². The van der Waals surface area contributed by atoms with Gasteiger partial charge in [0.25, 0.3) is 0 Å². The molecule has 3 N–H and O–H groups in total. The Bertz CT molecular complexity index is 1020. The Hall–Kier alpha value is -2.29. The molecule has 10 heteroatoms. The number of halogens is 5. The molecule has 2 aromatic carbocycles. The van der Waals surface area contributed by atoms with E-state index in [0.29, 0.717) is 40.6 Å². The number of likely N-dealkylation sites (N-methyl/N-ethyl adjacent to an activating group) is 1. The molecule has 0 aliphatic heterocycles. The number of carbonyl (C=O) groups is 2. The molecule has 178 valence electrons. The molecule has 1 aliphatic carbocycles. The van der Waals surface area contributed by atoms with E-state index in [4.69, 9.17) is 28.9 Å². The lowest BCUT2D eigenvalue weighted by atomic mass is 9.92. The van der Waals surface area contributed by atoms with Gasteiger partial charge in [0.15, 0.2) is 0 Å². The van der Waals surface area contributed by atoms with Crippen molar-refractivity contribution in [3.63, 3.8) is 0 Å². The second kappa shape index (κ2) is 9.91. The zero-order valence-electron chi connectivity index (χ0n) is 17.9. The molecule has 0 radical (unpaired) electrons. The number of alkyl halides is 3. The lowest BCUT2D eigenvalue weighted by Gasteiger charge is -2.33. The first-order valence-corrected chi connectivity index (χ1v) is 11.1. The highest BCUT2D eigenvalue weighted by Gasteiger charge is 2.55. The molecular weight excluding hydrogens is 478 g/mol. The third-order valence-corrected chi connectivity index (χ3v) is 6.43. The van der Waals surface area contributed by atoms with Gasteiger partial charge in [-0.15, -0.1) is 0 Å². The molecule has 33 heavy (non-hydrogen) atoms. The van der Waals surface area contributed by atoms with Gasteiger partial charge in [0.05, 0.1) is 11.0 Å². The first-order chi connectivity index (χ1) is 15.5. The van der Waals surface area contributed by atoms with Crippen LogP contribution in [0.15, 0.2) is 42.5 Å². The number of rotatable bonds is 9. The van der Waals surface area contributed by atoms with Crippen molar-refractivity contribution in [1.29, 1.82) is 0 Å². The summed E-state index contributed by atoms with van der Waals surface area (Å²) < 4.78 is 38.7. The monoisotopic (exact) mass is 501 g/mol. The van der Waals surface area contributed by atoms with Gasteiger partial charge in [-0.25, -0.2) is 0 Å². The van der Waals surface area contributed by atoms with Gasteiger partial charge < -0.3 is 16.0 Å². The smallest absolute Gasteiger partial charge is 0.368 e. The predicted molar refractivity (Wildman–Crippen MR) is 121 cm³/mol. The summed E-state index contributed by atoms with van der Waals surface area (Å²) in [5, 5.41) is 3.75. The summed E-state index contributed by atoms with van der Waals surface area (Å²) in [7, 11) is 1.71. The van der Waals surface area contributed by atoms with Crippen LogP contribution in [0.1, 0.15) is 29.5 Å². The van der Waals surface area contributed by atoms with Gasteiger partial charge in [-0.1, -0.05) is 41.4 Å². The SMILES string of the molecule is CNCCN(C(=O)C1(c2ccc(Cl)cc2Cl)CC1)[C@@H](Cc1ccc(C(F)(F)F)cc1)C(N)=O. The van der Waals surface area contributed by atoms with Crippen LogP contribution in [0.5, 0.6) is 0 Å². The molecule has 1 fully saturated rings. The summed E-state index contributed by atoms with van der Waals surface area (Å²) in [5.74, 6) is -1.03. The second-order valence-corrected chi connectivity index (χ2v) is 8.97. The second-order valence-electron chi connectivity index (χ2n) is 8.13. The summed E-state index contributed by atoms with van der Waals surface area (Å²) in [6.07, 6.45) is -3.37. The molecule has 0 bridgehead atoms. The average Bonchev–Trinajstić information content (AvgIpc) is 3.54. The number of nitrogens with one attached hydrogen (secondary N) is 1. The Balaban J connectivity index is 1.91. The topological polar surface area (TPSA) is 75.4 Å². The van der Waals surface area contributed by atoms with Crippen LogP contribution in [0, 0.1) is 0 Å². The minimum Gasteiger partial charge on any atom is -0.368 e. The highest BCUT2D eigenvalue weighted by Crippen LogP contribution is 2.52. The van der Waals surface area contributed by atoms with Crippen LogP contribution >= 0.6 is 23.2 Å². The van der Waals surface area contributed by atoms with Crippen LogP contribution in [0.2, 0.25) is 10.0 Å². The van der Waals surface area contributed by atoms with E-state index < -0.39 is 29.1 Å². The van der Waals surface area contributed by atoms with Gasteiger partial charge in [-0.05, 0) is 55.3 Å². The number of hydrogen-bond acceptors (Lipinski definition) is 3. The Kier molecular flexibility index (Phi) is 7.61. The molecule has 0 aromatic heterocycles. The van der Waals surface area contributed by atoms with Crippen molar-refractivity contribution >= 4 is 35.0 Å². The molecule has 1 aliphatic rings.